The molecule has 0 N–H and O–H groups in total. The summed E-state index contributed by atoms with van der Waals surface area (Å²) in [6, 6.07) is 0.186. The number of alkyl halides is 6. The van der Waals surface area contributed by atoms with Gasteiger partial charge in [-0.15, -0.1) is 0 Å². The van der Waals surface area contributed by atoms with Gasteiger partial charge in [0.15, 0.2) is 11.6 Å². The molecule has 1 aromatic carbocycles. The van der Waals surface area contributed by atoms with Gasteiger partial charge in [0.2, 0.25) is 0 Å². The lowest BCUT2D eigenvalue weighted by molar-refractivity contribution is -0.137. The maximum absolute atomic E-state index is 13.0. The van der Waals surface area contributed by atoms with Crippen LogP contribution >= 0.6 is 0 Å². The summed E-state index contributed by atoms with van der Waals surface area (Å²) in [6.07, 6.45) is -4.99. The van der Waals surface area contributed by atoms with Crippen LogP contribution in [0, 0.1) is 5.82 Å². The third-order valence-corrected chi connectivity index (χ3v) is 2.71. The SMILES string of the molecule is O=S(=O)(Oc1cc(C(F)(F)F)ccc1F)C(F)(F)F. The molecule has 3 nitrogen and oxygen atoms in total. The minimum Gasteiger partial charge on any atom is -0.373 e. The number of benzene rings is 1. The molecule has 0 aliphatic carbocycles. The minimum absolute atomic E-state index is 0.143. The fourth-order valence-electron chi connectivity index (χ4n) is 0.909. The molecule has 11 heteroatoms. The summed E-state index contributed by atoms with van der Waals surface area (Å²) in [5.74, 6) is -3.37. The van der Waals surface area contributed by atoms with Crippen molar-refractivity contribution in [2.24, 2.45) is 0 Å². The monoisotopic (exact) mass is 312 g/mol. The number of halogens is 7. The molecule has 1 rings (SSSR count). The first kappa shape index (κ1) is 15.5. The van der Waals surface area contributed by atoms with Crippen molar-refractivity contribution in [3.8, 4) is 5.75 Å². The van der Waals surface area contributed by atoms with E-state index in [9.17, 15) is 39.2 Å². The van der Waals surface area contributed by atoms with E-state index in [1.54, 1.807) is 0 Å². The first-order chi connectivity index (χ1) is 8.34. The minimum atomic E-state index is -6.24. The normalized spacial score (nSPS) is 13.4. The molecule has 0 bridgehead atoms. The lowest BCUT2D eigenvalue weighted by atomic mass is 10.2. The molecule has 0 aliphatic heterocycles. The summed E-state index contributed by atoms with van der Waals surface area (Å²) >= 11 is 0. The zero-order chi connectivity index (χ0) is 15.1. The van der Waals surface area contributed by atoms with E-state index in [0.29, 0.717) is 0 Å². The fraction of sp³-hybridized carbons (Fsp3) is 0.250. The summed E-state index contributed by atoms with van der Waals surface area (Å²) in [4.78, 5) is 0. The predicted molar refractivity (Wildman–Crippen MR) is 47.0 cm³/mol. The second kappa shape index (κ2) is 4.54. The van der Waals surface area contributed by atoms with Crippen molar-refractivity contribution in [1.29, 1.82) is 0 Å². The van der Waals surface area contributed by atoms with Crippen LogP contribution in [-0.2, 0) is 16.3 Å². The molecule has 1 aromatic rings. The lowest BCUT2D eigenvalue weighted by Crippen LogP contribution is -2.28. The highest BCUT2D eigenvalue weighted by atomic mass is 32.2. The van der Waals surface area contributed by atoms with Crippen molar-refractivity contribution in [1.82, 2.24) is 0 Å². The van der Waals surface area contributed by atoms with E-state index in [-0.39, 0.29) is 18.2 Å². The summed E-state index contributed by atoms with van der Waals surface area (Å²) in [5, 5.41) is 0. The molecule has 0 heterocycles. The Labute approximate surface area is 101 Å². The third-order valence-electron chi connectivity index (χ3n) is 1.74. The van der Waals surface area contributed by atoms with Gasteiger partial charge in [0.05, 0.1) is 5.56 Å². The van der Waals surface area contributed by atoms with Crippen molar-refractivity contribution < 1.29 is 43.3 Å². The third kappa shape index (κ3) is 3.49. The zero-order valence-electron chi connectivity index (χ0n) is 8.51. The molecule has 108 valence electrons. The van der Waals surface area contributed by atoms with Gasteiger partial charge in [-0.05, 0) is 18.2 Å². The van der Waals surface area contributed by atoms with Crippen LogP contribution in [0.5, 0.6) is 5.75 Å². The fourth-order valence-corrected chi connectivity index (χ4v) is 1.37. The van der Waals surface area contributed by atoms with E-state index in [4.69, 9.17) is 0 Å². The maximum Gasteiger partial charge on any atom is 0.534 e. The molecule has 0 spiro atoms. The van der Waals surface area contributed by atoms with E-state index in [1.807, 2.05) is 0 Å². The van der Waals surface area contributed by atoms with Crippen molar-refractivity contribution in [3.05, 3.63) is 29.6 Å². The summed E-state index contributed by atoms with van der Waals surface area (Å²) in [5.41, 5.74) is -7.44. The van der Waals surface area contributed by atoms with Gasteiger partial charge in [-0.1, -0.05) is 0 Å². The van der Waals surface area contributed by atoms with Crippen LogP contribution < -0.4 is 4.18 Å². The predicted octanol–water partition coefficient (Wildman–Crippen LogP) is 3.07. The molecule has 0 saturated carbocycles. The largest absolute Gasteiger partial charge is 0.534 e. The van der Waals surface area contributed by atoms with Gasteiger partial charge in [-0.25, -0.2) is 4.39 Å². The second-order valence-corrected chi connectivity index (χ2v) is 4.66. The lowest BCUT2D eigenvalue weighted by Gasteiger charge is -2.12. The Morgan fingerprint density at radius 2 is 1.53 bits per heavy atom. The molecule has 0 atom stereocenters. The highest BCUT2D eigenvalue weighted by Crippen LogP contribution is 2.34. The average Bonchev–Trinajstić information content (AvgIpc) is 2.17. The van der Waals surface area contributed by atoms with E-state index in [0.717, 1.165) is 0 Å². The number of hydrogen-bond donors (Lipinski definition) is 0. The molecule has 0 aromatic heterocycles. The number of hydrogen-bond acceptors (Lipinski definition) is 3. The molecule has 0 unspecified atom stereocenters. The Kier molecular flexibility index (Phi) is 3.72. The molecule has 0 fully saturated rings. The van der Waals surface area contributed by atoms with Crippen LogP contribution in [0.15, 0.2) is 18.2 Å². The first-order valence-corrected chi connectivity index (χ1v) is 5.63. The van der Waals surface area contributed by atoms with Crippen LogP contribution in [0.4, 0.5) is 30.7 Å². The van der Waals surface area contributed by atoms with Gasteiger partial charge >= 0.3 is 21.8 Å². The van der Waals surface area contributed by atoms with Crippen LogP contribution in [0.3, 0.4) is 0 Å². The highest BCUT2D eigenvalue weighted by Gasteiger charge is 2.49. The molecule has 0 radical (unpaired) electrons. The molecular formula is C8H3F7O3S. The van der Waals surface area contributed by atoms with Crippen molar-refractivity contribution in [3.63, 3.8) is 0 Å². The maximum atomic E-state index is 13.0. The highest BCUT2D eigenvalue weighted by molar-refractivity contribution is 7.88. The van der Waals surface area contributed by atoms with Gasteiger partial charge in [-0.2, -0.15) is 34.8 Å². The van der Waals surface area contributed by atoms with Gasteiger partial charge < -0.3 is 4.18 Å². The Balaban J connectivity index is 3.23. The molecular weight excluding hydrogens is 309 g/mol. The van der Waals surface area contributed by atoms with Gasteiger partial charge in [0.25, 0.3) is 0 Å². The molecule has 0 aliphatic rings. The second-order valence-electron chi connectivity index (χ2n) is 3.13. The van der Waals surface area contributed by atoms with E-state index < -0.39 is 38.9 Å². The van der Waals surface area contributed by atoms with Crippen molar-refractivity contribution in [2.75, 3.05) is 0 Å². The van der Waals surface area contributed by atoms with Crippen LogP contribution in [-0.4, -0.2) is 13.9 Å². The molecule has 19 heavy (non-hydrogen) atoms. The van der Waals surface area contributed by atoms with Crippen LogP contribution in [0.25, 0.3) is 0 Å². The van der Waals surface area contributed by atoms with Gasteiger partial charge in [0.1, 0.15) is 0 Å². The Morgan fingerprint density at radius 3 is 1.95 bits per heavy atom. The van der Waals surface area contributed by atoms with E-state index >= 15 is 0 Å². The van der Waals surface area contributed by atoms with Crippen LogP contribution in [0.1, 0.15) is 5.56 Å². The van der Waals surface area contributed by atoms with Gasteiger partial charge in [0, 0.05) is 0 Å². The van der Waals surface area contributed by atoms with Crippen molar-refractivity contribution >= 4 is 10.1 Å². The Morgan fingerprint density at radius 1 is 1.00 bits per heavy atom. The smallest absolute Gasteiger partial charge is 0.373 e. The first-order valence-electron chi connectivity index (χ1n) is 4.22. The topological polar surface area (TPSA) is 43.4 Å². The zero-order valence-corrected chi connectivity index (χ0v) is 9.33. The summed E-state index contributed by atoms with van der Waals surface area (Å²) < 4.78 is 110. The number of rotatable bonds is 2. The standard InChI is InChI=1S/C8H3F7O3S/c9-5-2-1-4(7(10,11)12)3-6(5)18-19(16,17)8(13,14)15/h1-3H. The quantitative estimate of drug-likeness (QED) is 0.479. The van der Waals surface area contributed by atoms with E-state index in [2.05, 4.69) is 4.18 Å². The van der Waals surface area contributed by atoms with Gasteiger partial charge in [-0.3, -0.25) is 0 Å². The summed E-state index contributed by atoms with van der Waals surface area (Å²) in [6.45, 7) is 0. The van der Waals surface area contributed by atoms with E-state index in [1.165, 1.54) is 0 Å². The Hall–Kier alpha value is -1.52. The molecule has 0 amide bonds. The van der Waals surface area contributed by atoms with Crippen molar-refractivity contribution in [2.45, 2.75) is 11.7 Å². The average molecular weight is 312 g/mol. The summed E-state index contributed by atoms with van der Waals surface area (Å²) in [7, 11) is -6.24. The molecule has 0 saturated heterocycles. The van der Waals surface area contributed by atoms with Crippen LogP contribution in [0.2, 0.25) is 0 Å². The Bertz CT molecular complexity index is 573.